The molecule has 1 unspecified atom stereocenters. The molecule has 0 aliphatic carbocycles. The van der Waals surface area contributed by atoms with Crippen molar-refractivity contribution in [2.75, 3.05) is 13.1 Å². The second-order valence-electron chi connectivity index (χ2n) is 5.12. The fourth-order valence-corrected chi connectivity index (χ4v) is 3.13. The minimum absolute atomic E-state index is 0.193. The standard InChI is InChI=1S/C16H14N2O2/c19-12-7-5-11(6-8-12)16(20)14-4-2-1-3-13(14)15-17-9-10-18(15)16/h1-8,19-20H,9-10H2. The highest BCUT2D eigenvalue weighted by Crippen LogP contribution is 2.43. The summed E-state index contributed by atoms with van der Waals surface area (Å²) < 4.78 is 0. The summed E-state index contributed by atoms with van der Waals surface area (Å²) >= 11 is 0. The van der Waals surface area contributed by atoms with Gasteiger partial charge in [0.05, 0.1) is 6.54 Å². The number of amidine groups is 1. The third kappa shape index (κ3) is 1.31. The highest BCUT2D eigenvalue weighted by Gasteiger charge is 2.49. The van der Waals surface area contributed by atoms with Gasteiger partial charge in [0, 0.05) is 23.2 Å². The Morgan fingerprint density at radius 2 is 1.80 bits per heavy atom. The Morgan fingerprint density at radius 3 is 2.60 bits per heavy atom. The highest BCUT2D eigenvalue weighted by atomic mass is 16.3. The lowest BCUT2D eigenvalue weighted by Crippen LogP contribution is -2.43. The van der Waals surface area contributed by atoms with Crippen molar-refractivity contribution in [3.8, 4) is 5.75 Å². The Bertz CT molecular complexity index is 709. The molecule has 4 rings (SSSR count). The lowest BCUT2D eigenvalue weighted by atomic mass is 9.93. The van der Waals surface area contributed by atoms with Crippen LogP contribution in [-0.4, -0.2) is 34.0 Å². The summed E-state index contributed by atoms with van der Waals surface area (Å²) in [5.41, 5.74) is 1.39. The maximum absolute atomic E-state index is 11.3. The van der Waals surface area contributed by atoms with Gasteiger partial charge in [-0.2, -0.15) is 0 Å². The number of phenolic OH excluding ortho intramolecular Hbond substituents is 1. The van der Waals surface area contributed by atoms with Crippen LogP contribution in [0.5, 0.6) is 5.75 Å². The van der Waals surface area contributed by atoms with Crippen LogP contribution in [0.1, 0.15) is 16.7 Å². The van der Waals surface area contributed by atoms with Crippen molar-refractivity contribution in [1.82, 2.24) is 4.90 Å². The smallest absolute Gasteiger partial charge is 0.193 e. The van der Waals surface area contributed by atoms with Crippen LogP contribution >= 0.6 is 0 Å². The lowest BCUT2D eigenvalue weighted by molar-refractivity contribution is -0.0242. The van der Waals surface area contributed by atoms with E-state index >= 15 is 0 Å². The lowest BCUT2D eigenvalue weighted by Gasteiger charge is -2.33. The van der Waals surface area contributed by atoms with E-state index in [1.165, 1.54) is 0 Å². The number of hydrogen-bond donors (Lipinski definition) is 2. The highest BCUT2D eigenvalue weighted by molar-refractivity contribution is 6.05. The molecule has 0 saturated heterocycles. The number of nitrogens with zero attached hydrogens (tertiary/aromatic N) is 2. The molecule has 2 heterocycles. The van der Waals surface area contributed by atoms with Gasteiger partial charge in [-0.25, -0.2) is 0 Å². The van der Waals surface area contributed by atoms with E-state index in [4.69, 9.17) is 0 Å². The molecule has 2 N–H and O–H groups in total. The Morgan fingerprint density at radius 1 is 1.05 bits per heavy atom. The summed E-state index contributed by atoms with van der Waals surface area (Å²) in [5.74, 6) is 1.05. The van der Waals surface area contributed by atoms with E-state index in [9.17, 15) is 10.2 Å². The van der Waals surface area contributed by atoms with Gasteiger partial charge in [0.25, 0.3) is 0 Å². The van der Waals surface area contributed by atoms with Gasteiger partial charge in [-0.15, -0.1) is 0 Å². The molecule has 20 heavy (non-hydrogen) atoms. The maximum Gasteiger partial charge on any atom is 0.193 e. The van der Waals surface area contributed by atoms with Crippen LogP contribution in [0.25, 0.3) is 0 Å². The molecule has 0 aromatic heterocycles. The van der Waals surface area contributed by atoms with Crippen molar-refractivity contribution in [1.29, 1.82) is 0 Å². The molecule has 2 aliphatic heterocycles. The van der Waals surface area contributed by atoms with Crippen LogP contribution in [-0.2, 0) is 5.72 Å². The van der Waals surface area contributed by atoms with E-state index in [1.807, 2.05) is 29.2 Å². The van der Waals surface area contributed by atoms with E-state index in [1.54, 1.807) is 24.3 Å². The van der Waals surface area contributed by atoms with Crippen molar-refractivity contribution < 1.29 is 10.2 Å². The molecule has 4 heteroatoms. The van der Waals surface area contributed by atoms with Crippen molar-refractivity contribution >= 4 is 5.84 Å². The fraction of sp³-hybridized carbons (Fsp3) is 0.188. The molecule has 0 radical (unpaired) electrons. The van der Waals surface area contributed by atoms with Gasteiger partial charge in [0.1, 0.15) is 11.6 Å². The predicted molar refractivity (Wildman–Crippen MR) is 75.7 cm³/mol. The van der Waals surface area contributed by atoms with Crippen molar-refractivity contribution in [2.24, 2.45) is 4.99 Å². The van der Waals surface area contributed by atoms with Crippen LogP contribution in [0, 0.1) is 0 Å². The molecule has 2 aromatic rings. The minimum atomic E-state index is -1.19. The Kier molecular flexibility index (Phi) is 2.20. The average molecular weight is 266 g/mol. The first kappa shape index (κ1) is 11.5. The number of rotatable bonds is 1. The summed E-state index contributed by atoms with van der Waals surface area (Å²) in [5, 5.41) is 20.8. The average Bonchev–Trinajstić information content (AvgIpc) is 3.04. The third-order valence-electron chi connectivity index (χ3n) is 4.04. The van der Waals surface area contributed by atoms with E-state index in [2.05, 4.69) is 4.99 Å². The van der Waals surface area contributed by atoms with E-state index < -0.39 is 5.72 Å². The zero-order valence-electron chi connectivity index (χ0n) is 10.8. The molecule has 2 aliphatic rings. The molecule has 1 atom stereocenters. The maximum atomic E-state index is 11.3. The van der Waals surface area contributed by atoms with Crippen LogP contribution in [0.4, 0.5) is 0 Å². The molecule has 100 valence electrons. The van der Waals surface area contributed by atoms with Crippen molar-refractivity contribution in [3.63, 3.8) is 0 Å². The normalized spacial score (nSPS) is 23.4. The Balaban J connectivity index is 1.97. The van der Waals surface area contributed by atoms with Gasteiger partial charge < -0.3 is 15.1 Å². The second kappa shape index (κ2) is 3.84. The summed E-state index contributed by atoms with van der Waals surface area (Å²) in [7, 11) is 0. The Labute approximate surface area is 116 Å². The van der Waals surface area contributed by atoms with Crippen LogP contribution in [0.3, 0.4) is 0 Å². The second-order valence-corrected chi connectivity index (χ2v) is 5.12. The molecule has 4 nitrogen and oxygen atoms in total. The minimum Gasteiger partial charge on any atom is -0.508 e. The number of aliphatic imine (C=N–C) groups is 1. The SMILES string of the molecule is Oc1ccc(C2(O)c3ccccc3C3=NCCN32)cc1. The first-order valence-electron chi connectivity index (χ1n) is 6.65. The number of fused-ring (bicyclic) bond motifs is 3. The summed E-state index contributed by atoms with van der Waals surface area (Å²) in [6, 6.07) is 14.5. The van der Waals surface area contributed by atoms with Crippen molar-refractivity contribution in [3.05, 3.63) is 65.2 Å². The number of aliphatic hydroxyl groups is 1. The van der Waals surface area contributed by atoms with Crippen LogP contribution in [0.15, 0.2) is 53.5 Å². The van der Waals surface area contributed by atoms with E-state index in [0.29, 0.717) is 13.1 Å². The summed E-state index contributed by atoms with van der Waals surface area (Å²) in [6.45, 7) is 1.39. The van der Waals surface area contributed by atoms with Gasteiger partial charge in [0.15, 0.2) is 5.72 Å². The number of aromatic hydroxyl groups is 1. The number of hydrogen-bond acceptors (Lipinski definition) is 4. The largest absolute Gasteiger partial charge is 0.508 e. The van der Waals surface area contributed by atoms with Crippen molar-refractivity contribution in [2.45, 2.75) is 5.72 Å². The summed E-state index contributed by atoms with van der Waals surface area (Å²) in [6.07, 6.45) is 0. The van der Waals surface area contributed by atoms with E-state index in [0.717, 1.165) is 22.5 Å². The quantitative estimate of drug-likeness (QED) is 0.825. The first-order valence-corrected chi connectivity index (χ1v) is 6.65. The molecule has 0 fully saturated rings. The molecule has 0 spiro atoms. The van der Waals surface area contributed by atoms with Gasteiger partial charge >= 0.3 is 0 Å². The molecular weight excluding hydrogens is 252 g/mol. The van der Waals surface area contributed by atoms with Crippen LogP contribution in [0.2, 0.25) is 0 Å². The molecule has 2 aromatic carbocycles. The molecular formula is C16H14N2O2. The zero-order chi connectivity index (χ0) is 13.7. The predicted octanol–water partition coefficient (Wildman–Crippen LogP) is 1.66. The van der Waals surface area contributed by atoms with Gasteiger partial charge in [0.2, 0.25) is 0 Å². The van der Waals surface area contributed by atoms with Gasteiger partial charge in [-0.05, 0) is 12.1 Å². The van der Waals surface area contributed by atoms with Gasteiger partial charge in [-0.1, -0.05) is 36.4 Å². The molecule has 0 amide bonds. The van der Waals surface area contributed by atoms with Gasteiger partial charge in [-0.3, -0.25) is 4.99 Å². The van der Waals surface area contributed by atoms with Crippen LogP contribution < -0.4 is 0 Å². The number of phenols is 1. The fourth-order valence-electron chi connectivity index (χ4n) is 3.13. The first-order chi connectivity index (χ1) is 9.71. The topological polar surface area (TPSA) is 56.1 Å². The third-order valence-corrected chi connectivity index (χ3v) is 4.04. The molecule has 0 saturated carbocycles. The summed E-state index contributed by atoms with van der Waals surface area (Å²) in [4.78, 5) is 6.45. The molecule has 0 bridgehead atoms. The Hall–Kier alpha value is -2.33. The van der Waals surface area contributed by atoms with E-state index in [-0.39, 0.29) is 5.75 Å². The number of benzene rings is 2. The zero-order valence-corrected chi connectivity index (χ0v) is 10.8. The monoisotopic (exact) mass is 266 g/mol.